The van der Waals surface area contributed by atoms with Gasteiger partial charge in [0.05, 0.1) is 4.92 Å². The fourth-order valence-corrected chi connectivity index (χ4v) is 2.79. The van der Waals surface area contributed by atoms with Gasteiger partial charge in [0.1, 0.15) is 12.0 Å². The lowest BCUT2D eigenvalue weighted by Crippen LogP contribution is -2.53. The number of aryl methyl sites for hydroxylation is 1. The molecule has 0 N–H and O–H groups in total. The van der Waals surface area contributed by atoms with E-state index in [2.05, 4.69) is 9.88 Å². The summed E-state index contributed by atoms with van der Waals surface area (Å²) in [5.74, 6) is 0.755. The van der Waals surface area contributed by atoms with Gasteiger partial charge in [-0.3, -0.25) is 10.1 Å². The van der Waals surface area contributed by atoms with Crippen molar-refractivity contribution in [2.24, 2.45) is 0 Å². The largest absolute Gasteiger partial charge is 0.353 e. The van der Waals surface area contributed by atoms with E-state index in [0.29, 0.717) is 39.3 Å². The number of hydrogen-bond acceptors (Lipinski definition) is 5. The van der Waals surface area contributed by atoms with Gasteiger partial charge in [-0.25, -0.2) is 9.78 Å². The topological polar surface area (TPSA) is 82.8 Å². The average molecular weight is 321 g/mol. The van der Waals surface area contributed by atoms with Crippen molar-refractivity contribution < 1.29 is 9.72 Å². The molecule has 2 amide bonds. The molecule has 0 atom stereocenters. The summed E-state index contributed by atoms with van der Waals surface area (Å²) in [6, 6.07) is 1.61. The molecule has 1 fully saturated rings. The van der Waals surface area contributed by atoms with Crippen LogP contribution >= 0.6 is 0 Å². The second-order valence-corrected chi connectivity index (χ2v) is 5.52. The van der Waals surface area contributed by atoms with E-state index in [1.807, 2.05) is 30.6 Å². The number of anilines is 1. The number of urea groups is 1. The fraction of sp³-hybridized carbons (Fsp3) is 0.600. The Morgan fingerprint density at radius 1 is 1.30 bits per heavy atom. The van der Waals surface area contributed by atoms with Crippen LogP contribution in [0.4, 0.5) is 16.3 Å². The van der Waals surface area contributed by atoms with Gasteiger partial charge in [-0.2, -0.15) is 0 Å². The number of pyridine rings is 1. The number of aromatic nitrogens is 1. The number of hydrogen-bond donors (Lipinski definition) is 0. The smallest absolute Gasteiger partial charge is 0.320 e. The molecule has 2 rings (SSSR count). The molecule has 8 nitrogen and oxygen atoms in total. The van der Waals surface area contributed by atoms with Crippen molar-refractivity contribution in [1.29, 1.82) is 0 Å². The molecule has 1 aliphatic heterocycles. The predicted octanol–water partition coefficient (Wildman–Crippen LogP) is 1.88. The van der Waals surface area contributed by atoms with Crippen molar-refractivity contribution in [2.45, 2.75) is 20.8 Å². The number of carbonyl (C=O) groups excluding carboxylic acids is 1. The van der Waals surface area contributed by atoms with Crippen LogP contribution < -0.4 is 4.90 Å². The average Bonchev–Trinajstić information content (AvgIpc) is 2.56. The van der Waals surface area contributed by atoms with Crippen LogP contribution in [0.5, 0.6) is 0 Å². The van der Waals surface area contributed by atoms with E-state index in [0.717, 1.165) is 11.4 Å². The van der Waals surface area contributed by atoms with Crippen LogP contribution in [-0.4, -0.2) is 65.0 Å². The van der Waals surface area contributed by atoms with E-state index < -0.39 is 4.92 Å². The zero-order chi connectivity index (χ0) is 17.0. The lowest BCUT2D eigenvalue weighted by atomic mass is 10.2. The summed E-state index contributed by atoms with van der Waals surface area (Å²) in [4.78, 5) is 32.6. The molecule has 1 aromatic heterocycles. The van der Waals surface area contributed by atoms with Crippen molar-refractivity contribution in [1.82, 2.24) is 14.8 Å². The molecular weight excluding hydrogens is 298 g/mol. The molecule has 2 heterocycles. The Bertz CT molecular complexity index is 580. The van der Waals surface area contributed by atoms with E-state index in [9.17, 15) is 14.9 Å². The Balaban J connectivity index is 2.02. The first-order valence-corrected chi connectivity index (χ1v) is 7.87. The van der Waals surface area contributed by atoms with Gasteiger partial charge >= 0.3 is 6.03 Å². The molecular formula is C15H23N5O3. The van der Waals surface area contributed by atoms with Gasteiger partial charge in [-0.05, 0) is 26.3 Å². The molecule has 0 radical (unpaired) electrons. The lowest BCUT2D eigenvalue weighted by Gasteiger charge is -2.38. The van der Waals surface area contributed by atoms with Crippen molar-refractivity contribution in [3.05, 3.63) is 27.9 Å². The van der Waals surface area contributed by atoms with E-state index in [4.69, 9.17) is 0 Å². The zero-order valence-corrected chi connectivity index (χ0v) is 13.9. The van der Waals surface area contributed by atoms with Crippen LogP contribution in [-0.2, 0) is 0 Å². The molecule has 23 heavy (non-hydrogen) atoms. The van der Waals surface area contributed by atoms with Crippen LogP contribution in [0.15, 0.2) is 12.3 Å². The molecule has 8 heteroatoms. The SMILES string of the molecule is CCN(CC)C(=O)N1CCN(c2ncc([N+](=O)[O-])cc2C)CC1. The van der Waals surface area contributed by atoms with E-state index >= 15 is 0 Å². The summed E-state index contributed by atoms with van der Waals surface area (Å²) in [6.45, 7) is 9.81. The third-order valence-corrected chi connectivity index (χ3v) is 4.13. The van der Waals surface area contributed by atoms with E-state index in [1.54, 1.807) is 0 Å². The van der Waals surface area contributed by atoms with Gasteiger partial charge < -0.3 is 14.7 Å². The maximum atomic E-state index is 12.3. The zero-order valence-electron chi connectivity index (χ0n) is 13.9. The Kier molecular flexibility index (Phi) is 5.36. The second kappa shape index (κ2) is 7.26. The Morgan fingerprint density at radius 3 is 2.39 bits per heavy atom. The van der Waals surface area contributed by atoms with Crippen molar-refractivity contribution in [3.63, 3.8) is 0 Å². The van der Waals surface area contributed by atoms with Gasteiger partial charge in [0.2, 0.25) is 0 Å². The van der Waals surface area contributed by atoms with Crippen molar-refractivity contribution >= 4 is 17.5 Å². The summed E-state index contributed by atoms with van der Waals surface area (Å²) in [7, 11) is 0. The van der Waals surface area contributed by atoms with Gasteiger partial charge in [-0.1, -0.05) is 0 Å². The van der Waals surface area contributed by atoms with Crippen molar-refractivity contribution in [2.75, 3.05) is 44.2 Å². The minimum absolute atomic E-state index is 0.00148. The van der Waals surface area contributed by atoms with E-state index in [-0.39, 0.29) is 11.7 Å². The van der Waals surface area contributed by atoms with Gasteiger partial charge in [0.25, 0.3) is 5.69 Å². The van der Waals surface area contributed by atoms with Crippen LogP contribution in [0.25, 0.3) is 0 Å². The minimum atomic E-state index is -0.440. The highest BCUT2D eigenvalue weighted by molar-refractivity contribution is 5.74. The predicted molar refractivity (Wildman–Crippen MR) is 87.7 cm³/mol. The number of nitro groups is 1. The summed E-state index contributed by atoms with van der Waals surface area (Å²) in [5.41, 5.74) is 0.782. The maximum Gasteiger partial charge on any atom is 0.320 e. The molecule has 0 bridgehead atoms. The van der Waals surface area contributed by atoms with Crippen molar-refractivity contribution in [3.8, 4) is 0 Å². The monoisotopic (exact) mass is 321 g/mol. The Morgan fingerprint density at radius 2 is 1.91 bits per heavy atom. The highest BCUT2D eigenvalue weighted by Crippen LogP contribution is 2.22. The van der Waals surface area contributed by atoms with Crippen LogP contribution in [0.3, 0.4) is 0 Å². The Labute approximate surface area is 135 Å². The molecule has 1 aromatic rings. The molecule has 0 unspecified atom stereocenters. The molecule has 0 aromatic carbocycles. The third kappa shape index (κ3) is 3.69. The first kappa shape index (κ1) is 17.0. The molecule has 0 spiro atoms. The molecule has 0 saturated carbocycles. The fourth-order valence-electron chi connectivity index (χ4n) is 2.79. The maximum absolute atomic E-state index is 12.3. The number of nitrogens with zero attached hydrogens (tertiary/aromatic N) is 5. The van der Waals surface area contributed by atoms with Gasteiger partial charge in [0, 0.05) is 45.3 Å². The summed E-state index contributed by atoms with van der Waals surface area (Å²) in [5, 5.41) is 10.8. The quantitative estimate of drug-likeness (QED) is 0.624. The first-order chi connectivity index (χ1) is 11.0. The number of rotatable bonds is 4. The number of carbonyl (C=O) groups is 1. The Hall–Kier alpha value is -2.38. The van der Waals surface area contributed by atoms with Crippen LogP contribution in [0.2, 0.25) is 0 Å². The van der Waals surface area contributed by atoms with Gasteiger partial charge in [-0.15, -0.1) is 0 Å². The molecule has 1 saturated heterocycles. The van der Waals surface area contributed by atoms with Gasteiger partial charge in [0.15, 0.2) is 0 Å². The highest BCUT2D eigenvalue weighted by atomic mass is 16.6. The molecule has 126 valence electrons. The molecule has 0 aliphatic carbocycles. The normalized spacial score (nSPS) is 14.7. The number of amides is 2. The first-order valence-electron chi connectivity index (χ1n) is 7.87. The van der Waals surface area contributed by atoms with Crippen LogP contribution in [0.1, 0.15) is 19.4 Å². The standard InChI is InChI=1S/C15H23N5O3/c1-4-17(5-2)15(21)19-8-6-18(7-9-19)14-12(3)10-13(11-16-14)20(22)23/h10-11H,4-9H2,1-3H3. The number of piperazine rings is 1. The highest BCUT2D eigenvalue weighted by Gasteiger charge is 2.25. The minimum Gasteiger partial charge on any atom is -0.353 e. The molecule has 1 aliphatic rings. The third-order valence-electron chi connectivity index (χ3n) is 4.13. The summed E-state index contributed by atoms with van der Waals surface area (Å²) in [6.07, 6.45) is 1.29. The van der Waals surface area contributed by atoms with Crippen LogP contribution in [0, 0.1) is 17.0 Å². The lowest BCUT2D eigenvalue weighted by molar-refractivity contribution is -0.385. The summed E-state index contributed by atoms with van der Waals surface area (Å²) >= 11 is 0. The van der Waals surface area contributed by atoms with E-state index in [1.165, 1.54) is 12.3 Å². The second-order valence-electron chi connectivity index (χ2n) is 5.52. The summed E-state index contributed by atoms with van der Waals surface area (Å²) < 4.78 is 0.